The molecule has 2 fully saturated rings. The Hall–Kier alpha value is -2.02. The highest BCUT2D eigenvalue weighted by Crippen LogP contribution is 2.40. The second kappa shape index (κ2) is 5.77. The molecule has 3 unspecified atom stereocenters. The Labute approximate surface area is 125 Å². The summed E-state index contributed by atoms with van der Waals surface area (Å²) >= 11 is 0. The first-order valence-electron chi connectivity index (χ1n) is 7.72. The molecule has 110 valence electrons. The Morgan fingerprint density at radius 3 is 2.52 bits per heavy atom. The third kappa shape index (κ3) is 2.61. The second-order valence-corrected chi connectivity index (χ2v) is 6.11. The molecule has 1 N–H and O–H groups in total. The number of carboxylic acid groups (broad SMARTS) is 1. The van der Waals surface area contributed by atoms with Crippen LogP contribution in [-0.4, -0.2) is 23.2 Å². The highest BCUT2D eigenvalue weighted by atomic mass is 16.4. The topological polar surface area (TPSA) is 64.3 Å². The molecule has 1 heterocycles. The quantitative estimate of drug-likeness (QED) is 0.906. The Balaban J connectivity index is 1.95. The van der Waals surface area contributed by atoms with Gasteiger partial charge in [-0.3, -0.25) is 0 Å². The zero-order chi connectivity index (χ0) is 14.8. The molecule has 0 spiro atoms. The lowest BCUT2D eigenvalue weighted by molar-refractivity contribution is -0.139. The summed E-state index contributed by atoms with van der Waals surface area (Å²) in [4.78, 5) is 13.7. The molecule has 1 aromatic carbocycles. The van der Waals surface area contributed by atoms with Crippen LogP contribution < -0.4 is 4.90 Å². The lowest BCUT2D eigenvalue weighted by Gasteiger charge is -2.48. The van der Waals surface area contributed by atoms with E-state index in [0.29, 0.717) is 17.5 Å². The van der Waals surface area contributed by atoms with Crippen molar-refractivity contribution >= 4 is 11.7 Å². The number of carbonyl (C=O) groups is 1. The van der Waals surface area contributed by atoms with Crippen molar-refractivity contribution in [1.29, 1.82) is 5.26 Å². The highest BCUT2D eigenvalue weighted by molar-refractivity contribution is 5.79. The van der Waals surface area contributed by atoms with Gasteiger partial charge in [-0.05, 0) is 55.9 Å². The molecule has 1 aliphatic heterocycles. The Kier molecular flexibility index (Phi) is 3.83. The van der Waals surface area contributed by atoms with E-state index in [1.54, 1.807) is 12.1 Å². The van der Waals surface area contributed by atoms with Gasteiger partial charge in [0.25, 0.3) is 0 Å². The summed E-state index contributed by atoms with van der Waals surface area (Å²) in [5.41, 5.74) is 1.56. The first-order chi connectivity index (χ1) is 10.2. The lowest BCUT2D eigenvalue weighted by atomic mass is 9.76. The number of fused-ring (bicyclic) bond motifs is 1. The highest BCUT2D eigenvalue weighted by Gasteiger charge is 2.41. The van der Waals surface area contributed by atoms with Gasteiger partial charge in [-0.15, -0.1) is 0 Å². The molecule has 0 aromatic heterocycles. The van der Waals surface area contributed by atoms with Crippen molar-refractivity contribution in [3.8, 4) is 6.07 Å². The van der Waals surface area contributed by atoms with E-state index >= 15 is 0 Å². The molecule has 4 heteroatoms. The van der Waals surface area contributed by atoms with E-state index in [2.05, 4.69) is 11.0 Å². The number of carboxylic acids is 1. The van der Waals surface area contributed by atoms with Crippen LogP contribution in [0.15, 0.2) is 24.3 Å². The number of aliphatic carboxylic acids is 1. The Morgan fingerprint density at radius 2 is 1.86 bits per heavy atom. The van der Waals surface area contributed by atoms with Gasteiger partial charge in [0.1, 0.15) is 6.04 Å². The fraction of sp³-hybridized carbons (Fsp3) is 0.529. The van der Waals surface area contributed by atoms with Crippen LogP contribution in [0.2, 0.25) is 0 Å². The van der Waals surface area contributed by atoms with Gasteiger partial charge in [0.05, 0.1) is 11.6 Å². The predicted octanol–water partition coefficient (Wildman–Crippen LogP) is 3.17. The Bertz CT molecular complexity index is 561. The molecule has 1 saturated carbocycles. The van der Waals surface area contributed by atoms with E-state index in [0.717, 1.165) is 24.9 Å². The van der Waals surface area contributed by atoms with Gasteiger partial charge in [-0.25, -0.2) is 4.79 Å². The van der Waals surface area contributed by atoms with E-state index in [1.165, 1.54) is 19.3 Å². The number of nitriles is 1. The van der Waals surface area contributed by atoms with Crippen LogP contribution in [0, 0.1) is 17.2 Å². The van der Waals surface area contributed by atoms with Crippen molar-refractivity contribution in [3.05, 3.63) is 29.8 Å². The summed E-state index contributed by atoms with van der Waals surface area (Å²) < 4.78 is 0. The molecule has 0 radical (unpaired) electrons. The number of hydrogen-bond donors (Lipinski definition) is 1. The molecule has 1 aliphatic carbocycles. The van der Waals surface area contributed by atoms with E-state index in [1.807, 2.05) is 12.1 Å². The molecule has 3 atom stereocenters. The van der Waals surface area contributed by atoms with Crippen LogP contribution in [0.4, 0.5) is 5.69 Å². The van der Waals surface area contributed by atoms with Crippen molar-refractivity contribution in [2.24, 2.45) is 5.92 Å². The van der Waals surface area contributed by atoms with Crippen LogP contribution in [0.1, 0.15) is 44.1 Å². The predicted molar refractivity (Wildman–Crippen MR) is 80.0 cm³/mol. The van der Waals surface area contributed by atoms with Crippen LogP contribution in [0.3, 0.4) is 0 Å². The number of benzene rings is 1. The van der Waals surface area contributed by atoms with Gasteiger partial charge in [0.2, 0.25) is 0 Å². The van der Waals surface area contributed by atoms with Crippen LogP contribution in [-0.2, 0) is 4.79 Å². The fourth-order valence-electron chi connectivity index (χ4n) is 3.96. The smallest absolute Gasteiger partial charge is 0.326 e. The van der Waals surface area contributed by atoms with Gasteiger partial charge in [-0.1, -0.05) is 12.8 Å². The molecule has 0 bridgehead atoms. The van der Waals surface area contributed by atoms with Crippen LogP contribution >= 0.6 is 0 Å². The molecule has 1 aromatic rings. The number of nitrogens with zero attached hydrogens (tertiary/aromatic N) is 2. The van der Waals surface area contributed by atoms with E-state index in [-0.39, 0.29) is 0 Å². The standard InChI is InChI=1S/C17H20N2O2/c18-11-12-5-8-14(9-6-12)19-15-4-2-1-3-13(15)7-10-16(19)17(20)21/h5-6,8-9,13,15-16H,1-4,7,10H2,(H,20,21). The summed E-state index contributed by atoms with van der Waals surface area (Å²) in [7, 11) is 0. The third-order valence-electron chi connectivity index (χ3n) is 4.95. The molecule has 21 heavy (non-hydrogen) atoms. The molecule has 2 aliphatic rings. The maximum absolute atomic E-state index is 11.6. The maximum atomic E-state index is 11.6. The van der Waals surface area contributed by atoms with Gasteiger partial charge in [0, 0.05) is 11.7 Å². The fourth-order valence-corrected chi connectivity index (χ4v) is 3.96. The average Bonchev–Trinajstić information content (AvgIpc) is 2.53. The van der Waals surface area contributed by atoms with Gasteiger partial charge >= 0.3 is 5.97 Å². The largest absolute Gasteiger partial charge is 0.480 e. The van der Waals surface area contributed by atoms with Gasteiger partial charge in [-0.2, -0.15) is 5.26 Å². The zero-order valence-electron chi connectivity index (χ0n) is 12.0. The normalized spacial score (nSPS) is 28.5. The van der Waals surface area contributed by atoms with Crippen LogP contribution in [0.5, 0.6) is 0 Å². The summed E-state index contributed by atoms with van der Waals surface area (Å²) in [6.45, 7) is 0. The zero-order valence-corrected chi connectivity index (χ0v) is 12.0. The van der Waals surface area contributed by atoms with Crippen molar-refractivity contribution in [1.82, 2.24) is 0 Å². The van der Waals surface area contributed by atoms with Crippen molar-refractivity contribution in [2.75, 3.05) is 4.90 Å². The Morgan fingerprint density at radius 1 is 1.14 bits per heavy atom. The number of hydrogen-bond acceptors (Lipinski definition) is 3. The first-order valence-corrected chi connectivity index (χ1v) is 7.72. The molecule has 4 nitrogen and oxygen atoms in total. The molecule has 3 rings (SSSR count). The molecular weight excluding hydrogens is 264 g/mol. The SMILES string of the molecule is N#Cc1ccc(N2C(C(=O)O)CCC3CCCCC32)cc1. The van der Waals surface area contributed by atoms with Crippen molar-refractivity contribution in [2.45, 2.75) is 50.6 Å². The minimum Gasteiger partial charge on any atom is -0.480 e. The molecule has 0 amide bonds. The molecule has 1 saturated heterocycles. The number of anilines is 1. The molecular formula is C17H20N2O2. The second-order valence-electron chi connectivity index (χ2n) is 6.11. The van der Waals surface area contributed by atoms with Gasteiger partial charge < -0.3 is 10.0 Å². The minimum atomic E-state index is -0.733. The summed E-state index contributed by atoms with van der Waals surface area (Å²) in [5, 5.41) is 18.5. The number of piperidine rings is 1. The maximum Gasteiger partial charge on any atom is 0.326 e. The van der Waals surface area contributed by atoms with E-state index in [4.69, 9.17) is 5.26 Å². The van der Waals surface area contributed by atoms with Crippen molar-refractivity contribution < 1.29 is 9.90 Å². The van der Waals surface area contributed by atoms with E-state index in [9.17, 15) is 9.90 Å². The van der Waals surface area contributed by atoms with Crippen molar-refractivity contribution in [3.63, 3.8) is 0 Å². The van der Waals surface area contributed by atoms with Gasteiger partial charge in [0.15, 0.2) is 0 Å². The minimum absolute atomic E-state index is 0.335. The summed E-state index contributed by atoms with van der Waals surface area (Å²) in [6, 6.07) is 9.36. The lowest BCUT2D eigenvalue weighted by Crippen LogP contribution is -2.55. The average molecular weight is 284 g/mol. The third-order valence-corrected chi connectivity index (χ3v) is 4.95. The van der Waals surface area contributed by atoms with E-state index < -0.39 is 12.0 Å². The monoisotopic (exact) mass is 284 g/mol. The summed E-state index contributed by atoms with van der Waals surface area (Å²) in [6.07, 6.45) is 6.48. The first kappa shape index (κ1) is 13.9. The van der Waals surface area contributed by atoms with Crippen LogP contribution in [0.25, 0.3) is 0 Å². The number of rotatable bonds is 2. The summed E-state index contributed by atoms with van der Waals surface area (Å²) in [5.74, 6) is -0.117.